The number of benzene rings is 1. The van der Waals surface area contributed by atoms with Crippen molar-refractivity contribution in [1.29, 1.82) is 0 Å². The van der Waals surface area contributed by atoms with E-state index in [0.29, 0.717) is 11.1 Å². The van der Waals surface area contributed by atoms with Gasteiger partial charge in [-0.3, -0.25) is 9.89 Å². The number of ether oxygens (including phenoxy) is 1. The highest BCUT2D eigenvalue weighted by Gasteiger charge is 2.16. The molecule has 0 aliphatic heterocycles. The van der Waals surface area contributed by atoms with E-state index in [2.05, 4.69) is 56.1 Å². The predicted molar refractivity (Wildman–Crippen MR) is 95.9 cm³/mol. The SMILES string of the molecule is C[Si](C)(C)CCOCNC(=O)c1n[nH]c(-c2cc(Br)ccc2F)n1. The van der Waals surface area contributed by atoms with Gasteiger partial charge in [0.2, 0.25) is 5.82 Å². The second kappa shape index (κ2) is 7.99. The number of H-pyrrole nitrogens is 1. The van der Waals surface area contributed by atoms with Crippen LogP contribution in [0.15, 0.2) is 22.7 Å². The summed E-state index contributed by atoms with van der Waals surface area (Å²) in [6, 6.07) is 5.49. The Morgan fingerprint density at radius 1 is 1.42 bits per heavy atom. The van der Waals surface area contributed by atoms with E-state index in [1.807, 2.05) is 0 Å². The van der Waals surface area contributed by atoms with Crippen molar-refractivity contribution in [3.8, 4) is 11.4 Å². The van der Waals surface area contributed by atoms with Crippen LogP contribution in [0.1, 0.15) is 10.6 Å². The Bertz CT molecular complexity index is 718. The van der Waals surface area contributed by atoms with Crippen molar-refractivity contribution in [2.24, 2.45) is 0 Å². The lowest BCUT2D eigenvalue weighted by Gasteiger charge is -2.15. The third-order valence-corrected chi connectivity index (χ3v) is 5.40. The van der Waals surface area contributed by atoms with Gasteiger partial charge in [-0.15, -0.1) is 5.10 Å². The fourth-order valence-electron chi connectivity index (χ4n) is 1.81. The van der Waals surface area contributed by atoms with E-state index in [1.165, 1.54) is 6.07 Å². The van der Waals surface area contributed by atoms with Gasteiger partial charge >= 0.3 is 0 Å². The third-order valence-electron chi connectivity index (χ3n) is 3.20. The molecule has 0 bridgehead atoms. The maximum Gasteiger partial charge on any atom is 0.292 e. The van der Waals surface area contributed by atoms with Crippen molar-refractivity contribution >= 4 is 29.9 Å². The summed E-state index contributed by atoms with van der Waals surface area (Å²) in [5.41, 5.74) is 0.238. The van der Waals surface area contributed by atoms with Crippen molar-refractivity contribution in [1.82, 2.24) is 20.5 Å². The highest BCUT2D eigenvalue weighted by molar-refractivity contribution is 9.10. The second-order valence-corrected chi connectivity index (χ2v) is 13.0. The van der Waals surface area contributed by atoms with Gasteiger partial charge in [-0.05, 0) is 24.2 Å². The van der Waals surface area contributed by atoms with Crippen LogP contribution in [0.3, 0.4) is 0 Å². The predicted octanol–water partition coefficient (Wildman–Crippen LogP) is 3.42. The highest BCUT2D eigenvalue weighted by atomic mass is 79.9. The van der Waals surface area contributed by atoms with Gasteiger partial charge in [0.05, 0.1) is 5.56 Å². The van der Waals surface area contributed by atoms with E-state index in [9.17, 15) is 9.18 Å². The molecule has 0 fully saturated rings. The minimum absolute atomic E-state index is 0.0572. The smallest absolute Gasteiger partial charge is 0.292 e. The molecule has 0 atom stereocenters. The third kappa shape index (κ3) is 5.50. The van der Waals surface area contributed by atoms with E-state index in [1.54, 1.807) is 12.1 Å². The molecule has 1 aromatic heterocycles. The largest absolute Gasteiger partial charge is 0.362 e. The standard InChI is InChI=1S/C15H20BrFN4O2Si/c1-24(2,3)7-6-23-9-18-15(22)14-19-13(20-21-14)11-8-10(16)4-5-12(11)17/h4-5,8H,6-7,9H2,1-3H3,(H,18,22)(H,19,20,21). The first-order valence-corrected chi connectivity index (χ1v) is 12.0. The van der Waals surface area contributed by atoms with Gasteiger partial charge in [0, 0.05) is 19.2 Å². The molecule has 2 rings (SSSR count). The number of carbonyl (C=O) groups excluding carboxylic acids is 1. The summed E-state index contributed by atoms with van der Waals surface area (Å²) in [4.78, 5) is 16.0. The number of halogens is 2. The maximum absolute atomic E-state index is 13.8. The summed E-state index contributed by atoms with van der Waals surface area (Å²) in [7, 11) is -1.15. The summed E-state index contributed by atoms with van der Waals surface area (Å²) < 4.78 is 19.9. The summed E-state index contributed by atoms with van der Waals surface area (Å²) >= 11 is 3.27. The van der Waals surface area contributed by atoms with Crippen molar-refractivity contribution < 1.29 is 13.9 Å². The van der Waals surface area contributed by atoms with Crippen molar-refractivity contribution in [3.05, 3.63) is 34.3 Å². The van der Waals surface area contributed by atoms with Gasteiger partial charge in [-0.25, -0.2) is 9.37 Å². The first-order chi connectivity index (χ1) is 11.3. The number of carbonyl (C=O) groups is 1. The number of nitrogens with one attached hydrogen (secondary N) is 2. The molecule has 1 aromatic carbocycles. The molecule has 0 unspecified atom stereocenters. The molecule has 1 heterocycles. The van der Waals surface area contributed by atoms with Gasteiger partial charge in [-0.2, -0.15) is 0 Å². The highest BCUT2D eigenvalue weighted by Crippen LogP contribution is 2.23. The van der Waals surface area contributed by atoms with Crippen LogP contribution in [0.5, 0.6) is 0 Å². The van der Waals surface area contributed by atoms with Crippen LogP contribution in [-0.2, 0) is 4.74 Å². The van der Waals surface area contributed by atoms with Crippen molar-refractivity contribution in [2.45, 2.75) is 25.7 Å². The summed E-state index contributed by atoms with van der Waals surface area (Å²) in [6.45, 7) is 7.47. The number of amides is 1. The lowest BCUT2D eigenvalue weighted by Crippen LogP contribution is -2.29. The number of hydrogen-bond donors (Lipinski definition) is 2. The topological polar surface area (TPSA) is 79.9 Å². The van der Waals surface area contributed by atoms with E-state index in [0.717, 1.165) is 6.04 Å². The molecule has 0 aliphatic carbocycles. The lowest BCUT2D eigenvalue weighted by atomic mass is 10.2. The van der Waals surface area contributed by atoms with Crippen LogP contribution in [0.25, 0.3) is 11.4 Å². The Hall–Kier alpha value is -1.58. The summed E-state index contributed by atoms with van der Waals surface area (Å²) in [5, 5.41) is 8.98. The molecule has 1 amide bonds. The molecule has 0 aliphatic rings. The summed E-state index contributed by atoms with van der Waals surface area (Å²) in [6.07, 6.45) is 0. The number of aromatic amines is 1. The van der Waals surface area contributed by atoms with Gasteiger partial charge in [0.15, 0.2) is 5.82 Å². The Morgan fingerprint density at radius 3 is 2.88 bits per heavy atom. The zero-order valence-electron chi connectivity index (χ0n) is 13.8. The molecule has 0 saturated heterocycles. The summed E-state index contributed by atoms with van der Waals surface area (Å²) in [5.74, 6) is -0.784. The molecular weight excluding hydrogens is 395 g/mol. The van der Waals surface area contributed by atoms with Crippen LogP contribution in [0.2, 0.25) is 25.7 Å². The Morgan fingerprint density at radius 2 is 2.17 bits per heavy atom. The Kier molecular flexibility index (Phi) is 6.25. The number of nitrogens with zero attached hydrogens (tertiary/aromatic N) is 2. The van der Waals surface area contributed by atoms with Crippen LogP contribution in [0.4, 0.5) is 4.39 Å². The molecule has 130 valence electrons. The fourth-order valence-corrected chi connectivity index (χ4v) is 2.93. The van der Waals surface area contributed by atoms with Crippen molar-refractivity contribution in [2.75, 3.05) is 13.3 Å². The molecule has 6 nitrogen and oxygen atoms in total. The number of hydrogen-bond acceptors (Lipinski definition) is 4. The average molecular weight is 415 g/mol. The quantitative estimate of drug-likeness (QED) is 0.413. The van der Waals surface area contributed by atoms with E-state index < -0.39 is 19.8 Å². The zero-order chi connectivity index (χ0) is 17.7. The van der Waals surface area contributed by atoms with Crippen LogP contribution in [0, 0.1) is 5.82 Å². The van der Waals surface area contributed by atoms with Crippen LogP contribution >= 0.6 is 15.9 Å². The van der Waals surface area contributed by atoms with Crippen LogP contribution < -0.4 is 5.32 Å². The van der Waals surface area contributed by atoms with Crippen LogP contribution in [-0.4, -0.2) is 42.5 Å². The van der Waals surface area contributed by atoms with Gasteiger partial charge in [0.1, 0.15) is 12.5 Å². The van der Waals surface area contributed by atoms with Gasteiger partial charge in [-0.1, -0.05) is 35.6 Å². The van der Waals surface area contributed by atoms with Crippen molar-refractivity contribution in [3.63, 3.8) is 0 Å². The Labute approximate surface area is 149 Å². The number of aromatic nitrogens is 3. The molecule has 24 heavy (non-hydrogen) atoms. The molecule has 0 spiro atoms. The molecule has 0 radical (unpaired) electrons. The van der Waals surface area contributed by atoms with E-state index >= 15 is 0 Å². The lowest BCUT2D eigenvalue weighted by molar-refractivity contribution is 0.0806. The first kappa shape index (κ1) is 18.8. The molecule has 2 N–H and O–H groups in total. The van der Waals surface area contributed by atoms with Gasteiger partial charge in [0.25, 0.3) is 5.91 Å². The molecular formula is C15H20BrFN4O2Si. The van der Waals surface area contributed by atoms with E-state index in [4.69, 9.17) is 4.74 Å². The molecule has 2 aromatic rings. The zero-order valence-corrected chi connectivity index (χ0v) is 16.4. The first-order valence-electron chi connectivity index (χ1n) is 7.50. The normalized spacial score (nSPS) is 11.5. The number of rotatable bonds is 7. The average Bonchev–Trinajstić information content (AvgIpc) is 2.98. The maximum atomic E-state index is 13.8. The second-order valence-electron chi connectivity index (χ2n) is 6.50. The molecule has 9 heteroatoms. The monoisotopic (exact) mass is 414 g/mol. The van der Waals surface area contributed by atoms with E-state index in [-0.39, 0.29) is 23.9 Å². The fraction of sp³-hybridized carbons (Fsp3) is 0.400. The minimum Gasteiger partial charge on any atom is -0.362 e. The minimum atomic E-state index is -1.15. The molecule has 0 saturated carbocycles. The van der Waals surface area contributed by atoms with Gasteiger partial charge < -0.3 is 10.1 Å². The Balaban J connectivity index is 1.91.